The van der Waals surface area contributed by atoms with Crippen LogP contribution >= 0.6 is 0 Å². The van der Waals surface area contributed by atoms with Crippen molar-refractivity contribution in [3.8, 4) is 5.75 Å². The standard InChI is InChI=1S/C17H20N2O2/c1-11-7-6-9-14(16(11)18)17(21)19(3)12(2)13-8-4-5-10-15(13)20/h4-10,12,20H,18H2,1-3H3. The van der Waals surface area contributed by atoms with Gasteiger partial charge in [-0.3, -0.25) is 4.79 Å². The van der Waals surface area contributed by atoms with E-state index in [1.807, 2.05) is 38.1 Å². The van der Waals surface area contributed by atoms with Gasteiger partial charge in [0.15, 0.2) is 0 Å². The van der Waals surface area contributed by atoms with Gasteiger partial charge in [-0.1, -0.05) is 30.3 Å². The molecule has 1 unspecified atom stereocenters. The predicted molar refractivity (Wildman–Crippen MR) is 84.2 cm³/mol. The van der Waals surface area contributed by atoms with E-state index in [9.17, 15) is 9.90 Å². The lowest BCUT2D eigenvalue weighted by atomic mass is 10.0. The third kappa shape index (κ3) is 2.84. The zero-order valence-corrected chi connectivity index (χ0v) is 12.5. The van der Waals surface area contributed by atoms with E-state index >= 15 is 0 Å². The zero-order chi connectivity index (χ0) is 15.6. The molecule has 0 aliphatic rings. The molecule has 3 N–H and O–H groups in total. The van der Waals surface area contributed by atoms with Crippen molar-refractivity contribution in [1.82, 2.24) is 4.90 Å². The van der Waals surface area contributed by atoms with Gasteiger partial charge in [-0.05, 0) is 31.5 Å². The quantitative estimate of drug-likeness (QED) is 0.851. The Bertz CT molecular complexity index is 668. The normalized spacial score (nSPS) is 12.0. The molecule has 2 rings (SSSR count). The van der Waals surface area contributed by atoms with Crippen LogP contribution in [0.5, 0.6) is 5.75 Å². The van der Waals surface area contributed by atoms with E-state index in [1.165, 1.54) is 0 Å². The maximum Gasteiger partial charge on any atom is 0.256 e. The van der Waals surface area contributed by atoms with Gasteiger partial charge in [0, 0.05) is 18.3 Å². The van der Waals surface area contributed by atoms with Gasteiger partial charge in [-0.15, -0.1) is 0 Å². The minimum Gasteiger partial charge on any atom is -0.508 e. The van der Waals surface area contributed by atoms with E-state index in [-0.39, 0.29) is 17.7 Å². The van der Waals surface area contributed by atoms with Crippen molar-refractivity contribution in [3.05, 3.63) is 59.2 Å². The number of anilines is 1. The number of phenolic OH excluding ortho intramolecular Hbond substituents is 1. The second-order valence-electron chi connectivity index (χ2n) is 5.19. The first kappa shape index (κ1) is 14.9. The number of carbonyl (C=O) groups is 1. The molecule has 1 amide bonds. The number of rotatable bonds is 3. The highest BCUT2D eigenvalue weighted by atomic mass is 16.3. The van der Waals surface area contributed by atoms with Crippen molar-refractivity contribution in [2.75, 3.05) is 12.8 Å². The summed E-state index contributed by atoms with van der Waals surface area (Å²) in [5, 5.41) is 9.92. The van der Waals surface area contributed by atoms with Gasteiger partial charge in [0.2, 0.25) is 0 Å². The Balaban J connectivity index is 2.31. The molecule has 1 atom stereocenters. The highest BCUT2D eigenvalue weighted by molar-refractivity contribution is 5.99. The molecule has 0 radical (unpaired) electrons. The van der Waals surface area contributed by atoms with Gasteiger partial charge in [-0.2, -0.15) is 0 Å². The van der Waals surface area contributed by atoms with E-state index in [4.69, 9.17) is 5.73 Å². The fourth-order valence-electron chi connectivity index (χ4n) is 2.28. The number of hydrogen-bond donors (Lipinski definition) is 2. The average Bonchev–Trinajstić information content (AvgIpc) is 2.48. The first-order valence-corrected chi connectivity index (χ1v) is 6.83. The van der Waals surface area contributed by atoms with Gasteiger partial charge >= 0.3 is 0 Å². The van der Waals surface area contributed by atoms with Crippen LogP contribution < -0.4 is 5.73 Å². The Labute approximate surface area is 124 Å². The summed E-state index contributed by atoms with van der Waals surface area (Å²) in [6.07, 6.45) is 0. The molecular formula is C17H20N2O2. The van der Waals surface area contributed by atoms with Crippen LogP contribution in [0.2, 0.25) is 0 Å². The maximum absolute atomic E-state index is 12.6. The molecule has 0 saturated carbocycles. The third-order valence-corrected chi connectivity index (χ3v) is 3.84. The lowest BCUT2D eigenvalue weighted by Crippen LogP contribution is -2.30. The number of carbonyl (C=O) groups excluding carboxylic acids is 1. The number of para-hydroxylation sites is 2. The summed E-state index contributed by atoms with van der Waals surface area (Å²) >= 11 is 0. The average molecular weight is 284 g/mol. The second kappa shape index (κ2) is 5.87. The lowest BCUT2D eigenvalue weighted by Gasteiger charge is -2.26. The predicted octanol–water partition coefficient (Wildman–Crippen LogP) is 3.12. The Hall–Kier alpha value is -2.49. The monoisotopic (exact) mass is 284 g/mol. The van der Waals surface area contributed by atoms with Crippen LogP contribution in [0.25, 0.3) is 0 Å². The largest absolute Gasteiger partial charge is 0.508 e. The molecule has 110 valence electrons. The molecule has 4 nitrogen and oxygen atoms in total. The van der Waals surface area contributed by atoms with Crippen molar-refractivity contribution < 1.29 is 9.90 Å². The number of nitrogens with zero attached hydrogens (tertiary/aromatic N) is 1. The van der Waals surface area contributed by atoms with Crippen LogP contribution in [0.1, 0.15) is 34.5 Å². The number of hydrogen-bond acceptors (Lipinski definition) is 3. The van der Waals surface area contributed by atoms with E-state index in [2.05, 4.69) is 0 Å². The van der Waals surface area contributed by atoms with Crippen molar-refractivity contribution in [2.24, 2.45) is 0 Å². The number of phenols is 1. The Morgan fingerprint density at radius 2 is 1.86 bits per heavy atom. The summed E-state index contributed by atoms with van der Waals surface area (Å²) in [7, 11) is 1.71. The first-order valence-electron chi connectivity index (χ1n) is 6.83. The van der Waals surface area contributed by atoms with Gasteiger partial charge in [-0.25, -0.2) is 0 Å². The van der Waals surface area contributed by atoms with Crippen molar-refractivity contribution in [2.45, 2.75) is 19.9 Å². The molecular weight excluding hydrogens is 264 g/mol. The summed E-state index contributed by atoms with van der Waals surface area (Å²) in [5.74, 6) is 0.0221. The zero-order valence-electron chi connectivity index (χ0n) is 12.5. The number of aryl methyl sites for hydroxylation is 1. The van der Waals surface area contributed by atoms with Crippen LogP contribution in [-0.4, -0.2) is 23.0 Å². The van der Waals surface area contributed by atoms with Gasteiger partial charge in [0.1, 0.15) is 5.75 Å². The topological polar surface area (TPSA) is 66.6 Å². The number of aromatic hydroxyl groups is 1. The number of nitrogen functional groups attached to an aromatic ring is 1. The number of benzene rings is 2. The highest BCUT2D eigenvalue weighted by Gasteiger charge is 2.22. The first-order chi connectivity index (χ1) is 9.93. The van der Waals surface area contributed by atoms with Crippen LogP contribution in [0.3, 0.4) is 0 Å². The van der Waals surface area contributed by atoms with Crippen LogP contribution in [0.15, 0.2) is 42.5 Å². The van der Waals surface area contributed by atoms with Gasteiger partial charge in [0.25, 0.3) is 5.91 Å². The molecule has 0 spiro atoms. The van der Waals surface area contributed by atoms with E-state index in [0.29, 0.717) is 16.8 Å². The highest BCUT2D eigenvalue weighted by Crippen LogP contribution is 2.29. The van der Waals surface area contributed by atoms with Crippen LogP contribution in [0.4, 0.5) is 5.69 Å². The summed E-state index contributed by atoms with van der Waals surface area (Å²) in [5.41, 5.74) is 8.57. The van der Waals surface area contributed by atoms with E-state index in [1.54, 1.807) is 30.1 Å². The minimum absolute atomic E-state index is 0.160. The molecule has 0 aliphatic carbocycles. The Morgan fingerprint density at radius 3 is 2.52 bits per heavy atom. The minimum atomic E-state index is -0.251. The molecule has 2 aromatic carbocycles. The van der Waals surface area contributed by atoms with Crippen molar-refractivity contribution >= 4 is 11.6 Å². The van der Waals surface area contributed by atoms with Crippen LogP contribution in [0, 0.1) is 6.92 Å². The lowest BCUT2D eigenvalue weighted by molar-refractivity contribution is 0.0742. The molecule has 0 saturated heterocycles. The number of nitrogens with two attached hydrogens (primary N) is 1. The van der Waals surface area contributed by atoms with Crippen molar-refractivity contribution in [1.29, 1.82) is 0 Å². The van der Waals surface area contributed by atoms with E-state index < -0.39 is 0 Å². The molecule has 0 fully saturated rings. The molecule has 4 heteroatoms. The number of amides is 1. The molecule has 0 aromatic heterocycles. The molecule has 0 aliphatic heterocycles. The summed E-state index contributed by atoms with van der Waals surface area (Å²) < 4.78 is 0. The maximum atomic E-state index is 12.6. The molecule has 0 heterocycles. The Morgan fingerprint density at radius 1 is 1.19 bits per heavy atom. The molecule has 21 heavy (non-hydrogen) atoms. The SMILES string of the molecule is Cc1cccc(C(=O)N(C)C(C)c2ccccc2O)c1N. The summed E-state index contributed by atoms with van der Waals surface area (Å²) in [4.78, 5) is 14.2. The second-order valence-corrected chi connectivity index (χ2v) is 5.19. The third-order valence-electron chi connectivity index (χ3n) is 3.84. The van der Waals surface area contributed by atoms with E-state index in [0.717, 1.165) is 5.56 Å². The molecule has 0 bridgehead atoms. The summed E-state index contributed by atoms with van der Waals surface area (Å²) in [6, 6.07) is 12.2. The fraction of sp³-hybridized carbons (Fsp3) is 0.235. The van der Waals surface area contributed by atoms with Crippen LogP contribution in [-0.2, 0) is 0 Å². The Kier molecular flexibility index (Phi) is 4.17. The van der Waals surface area contributed by atoms with Crippen molar-refractivity contribution in [3.63, 3.8) is 0 Å². The smallest absolute Gasteiger partial charge is 0.256 e. The summed E-state index contributed by atoms with van der Waals surface area (Å²) in [6.45, 7) is 3.75. The van der Waals surface area contributed by atoms with Gasteiger partial charge < -0.3 is 15.7 Å². The fourth-order valence-corrected chi connectivity index (χ4v) is 2.28. The van der Waals surface area contributed by atoms with Gasteiger partial charge in [0.05, 0.1) is 11.6 Å². The molecule has 2 aromatic rings.